The van der Waals surface area contributed by atoms with Crippen LogP contribution in [0.1, 0.15) is 13.3 Å². The van der Waals surface area contributed by atoms with E-state index in [4.69, 9.17) is 20.2 Å². The minimum Gasteiger partial charge on any atom is -0.394 e. The molecular formula is C7H15NO5. The average Bonchev–Trinajstić information content (AvgIpc) is 2.15. The molecule has 0 spiro atoms. The van der Waals surface area contributed by atoms with Crippen molar-refractivity contribution in [2.75, 3.05) is 13.2 Å². The Labute approximate surface area is 76.1 Å². The molecule has 2 unspecified atom stereocenters. The molecule has 4 N–H and O–H groups in total. The van der Waals surface area contributed by atoms with Crippen molar-refractivity contribution in [3.8, 4) is 0 Å². The highest BCUT2D eigenvalue weighted by molar-refractivity contribution is 5.79. The zero-order valence-corrected chi connectivity index (χ0v) is 7.43. The fraction of sp³-hybridized carbons (Fsp3) is 0.857. The second-order valence-corrected chi connectivity index (χ2v) is 2.49. The number of rotatable bonds is 6. The van der Waals surface area contributed by atoms with Gasteiger partial charge in [0.2, 0.25) is 0 Å². The maximum Gasteiger partial charge on any atom is 0.272 e. The molecule has 0 aliphatic heterocycles. The molecule has 0 saturated heterocycles. The molecule has 1 amide bonds. The van der Waals surface area contributed by atoms with Crippen LogP contribution in [0.5, 0.6) is 0 Å². The van der Waals surface area contributed by atoms with Gasteiger partial charge in [0, 0.05) is 13.0 Å². The highest BCUT2D eigenvalue weighted by Crippen LogP contribution is 2.02. The minimum atomic E-state index is -1.02. The van der Waals surface area contributed by atoms with Crippen LogP contribution in [0.25, 0.3) is 0 Å². The van der Waals surface area contributed by atoms with Gasteiger partial charge in [-0.05, 0) is 6.92 Å². The molecule has 0 aromatic rings. The molecule has 2 atom stereocenters. The second kappa shape index (κ2) is 6.79. The van der Waals surface area contributed by atoms with Gasteiger partial charge in [-0.2, -0.15) is 0 Å². The Morgan fingerprint density at radius 3 is 2.62 bits per heavy atom. The van der Waals surface area contributed by atoms with Crippen LogP contribution in [-0.4, -0.2) is 46.7 Å². The Balaban J connectivity index is 4.00. The topological polar surface area (TPSA) is 99.0 Å². The summed E-state index contributed by atoms with van der Waals surface area (Å²) in [5, 5.41) is 25.8. The third-order valence-corrected chi connectivity index (χ3v) is 1.47. The maximum absolute atomic E-state index is 10.9. The maximum atomic E-state index is 10.9. The van der Waals surface area contributed by atoms with Crippen LogP contribution in [0.2, 0.25) is 0 Å². The Bertz CT molecular complexity index is 152. The molecule has 6 nitrogen and oxygen atoms in total. The summed E-state index contributed by atoms with van der Waals surface area (Å²) < 4.78 is 4.92. The Morgan fingerprint density at radius 2 is 2.23 bits per heavy atom. The van der Waals surface area contributed by atoms with Gasteiger partial charge in [0.1, 0.15) is 6.10 Å². The molecule has 6 heteroatoms. The highest BCUT2D eigenvalue weighted by atomic mass is 16.5. The number of amides is 1. The van der Waals surface area contributed by atoms with Crippen LogP contribution in [0.4, 0.5) is 0 Å². The summed E-state index contributed by atoms with van der Waals surface area (Å²) in [6.45, 7) is 1.53. The van der Waals surface area contributed by atoms with Gasteiger partial charge in [-0.3, -0.25) is 10.0 Å². The van der Waals surface area contributed by atoms with Gasteiger partial charge in [0.25, 0.3) is 5.91 Å². The van der Waals surface area contributed by atoms with Crippen LogP contribution < -0.4 is 5.48 Å². The van der Waals surface area contributed by atoms with E-state index in [1.165, 1.54) is 5.48 Å². The van der Waals surface area contributed by atoms with E-state index in [9.17, 15) is 4.79 Å². The van der Waals surface area contributed by atoms with Gasteiger partial charge in [0.05, 0.1) is 12.7 Å². The van der Waals surface area contributed by atoms with E-state index >= 15 is 0 Å². The lowest BCUT2D eigenvalue weighted by Gasteiger charge is -2.16. The number of ether oxygens (including phenoxy) is 1. The van der Waals surface area contributed by atoms with Crippen molar-refractivity contribution in [3.05, 3.63) is 0 Å². The fourth-order valence-electron chi connectivity index (χ4n) is 0.846. The summed E-state index contributed by atoms with van der Waals surface area (Å²) in [7, 11) is 0. The van der Waals surface area contributed by atoms with Gasteiger partial charge in [-0.25, -0.2) is 5.48 Å². The summed E-state index contributed by atoms with van der Waals surface area (Å²) in [6, 6.07) is 0. The summed E-state index contributed by atoms with van der Waals surface area (Å²) in [5.74, 6) is -0.727. The molecule has 0 aliphatic carbocycles. The van der Waals surface area contributed by atoms with E-state index in [2.05, 4.69) is 0 Å². The number of aliphatic hydroxyl groups excluding tert-OH is 2. The third kappa shape index (κ3) is 4.79. The third-order valence-electron chi connectivity index (χ3n) is 1.47. The fourth-order valence-corrected chi connectivity index (χ4v) is 0.846. The van der Waals surface area contributed by atoms with E-state index in [-0.39, 0.29) is 13.0 Å². The largest absolute Gasteiger partial charge is 0.394 e. The SMILES string of the molecule is CCOC(CC(O)CO)C(=O)NO. The molecular weight excluding hydrogens is 178 g/mol. The zero-order chi connectivity index (χ0) is 10.3. The first kappa shape index (κ1) is 12.3. The van der Waals surface area contributed by atoms with Crippen LogP contribution in [0, 0.1) is 0 Å². The summed E-state index contributed by atoms with van der Waals surface area (Å²) in [4.78, 5) is 10.9. The van der Waals surface area contributed by atoms with Crippen LogP contribution in [-0.2, 0) is 9.53 Å². The van der Waals surface area contributed by atoms with E-state index in [1.54, 1.807) is 6.92 Å². The molecule has 0 aromatic heterocycles. The van der Waals surface area contributed by atoms with Crippen molar-refractivity contribution in [1.82, 2.24) is 5.48 Å². The Morgan fingerprint density at radius 1 is 1.62 bits per heavy atom. The lowest BCUT2D eigenvalue weighted by molar-refractivity contribution is -0.143. The number of hydrogen-bond acceptors (Lipinski definition) is 5. The smallest absolute Gasteiger partial charge is 0.272 e. The van der Waals surface area contributed by atoms with E-state index < -0.39 is 24.7 Å². The normalized spacial score (nSPS) is 15.1. The first-order chi connectivity index (χ1) is 6.15. The van der Waals surface area contributed by atoms with E-state index in [0.717, 1.165) is 0 Å². The van der Waals surface area contributed by atoms with Crippen molar-refractivity contribution in [2.45, 2.75) is 25.6 Å². The van der Waals surface area contributed by atoms with Crippen LogP contribution >= 0.6 is 0 Å². The van der Waals surface area contributed by atoms with Gasteiger partial charge in [-0.15, -0.1) is 0 Å². The summed E-state index contributed by atoms with van der Waals surface area (Å²) in [6.07, 6.45) is -2.00. The monoisotopic (exact) mass is 193 g/mol. The highest BCUT2D eigenvalue weighted by Gasteiger charge is 2.21. The van der Waals surface area contributed by atoms with E-state index in [0.29, 0.717) is 0 Å². The average molecular weight is 193 g/mol. The molecule has 0 heterocycles. The lowest BCUT2D eigenvalue weighted by atomic mass is 10.1. The number of carbonyl (C=O) groups is 1. The summed E-state index contributed by atoms with van der Waals surface area (Å²) in [5.41, 5.74) is 1.42. The predicted molar refractivity (Wildman–Crippen MR) is 43.1 cm³/mol. The molecule has 0 saturated carbocycles. The number of carbonyl (C=O) groups excluding carboxylic acids is 1. The molecule has 0 radical (unpaired) electrons. The Hall–Kier alpha value is -0.690. The molecule has 0 fully saturated rings. The molecule has 0 aromatic carbocycles. The molecule has 0 aliphatic rings. The van der Waals surface area contributed by atoms with Crippen LogP contribution in [0.15, 0.2) is 0 Å². The van der Waals surface area contributed by atoms with Gasteiger partial charge < -0.3 is 14.9 Å². The zero-order valence-electron chi connectivity index (χ0n) is 7.43. The predicted octanol–water partition coefficient (Wildman–Crippen LogP) is -1.36. The van der Waals surface area contributed by atoms with Crippen molar-refractivity contribution in [3.63, 3.8) is 0 Å². The van der Waals surface area contributed by atoms with Gasteiger partial charge >= 0.3 is 0 Å². The Kier molecular flexibility index (Phi) is 6.43. The molecule has 78 valence electrons. The lowest BCUT2D eigenvalue weighted by Crippen LogP contribution is -2.37. The first-order valence-corrected chi connectivity index (χ1v) is 4.00. The van der Waals surface area contributed by atoms with Crippen molar-refractivity contribution in [1.29, 1.82) is 0 Å². The van der Waals surface area contributed by atoms with Gasteiger partial charge in [0.15, 0.2) is 0 Å². The number of hydrogen-bond donors (Lipinski definition) is 4. The first-order valence-electron chi connectivity index (χ1n) is 4.00. The molecule has 0 bridgehead atoms. The molecule has 13 heavy (non-hydrogen) atoms. The second-order valence-electron chi connectivity index (χ2n) is 2.49. The van der Waals surface area contributed by atoms with E-state index in [1.807, 2.05) is 0 Å². The number of hydroxylamine groups is 1. The minimum absolute atomic E-state index is 0.0449. The van der Waals surface area contributed by atoms with Crippen LogP contribution in [0.3, 0.4) is 0 Å². The van der Waals surface area contributed by atoms with Crippen molar-refractivity contribution < 1.29 is 25.0 Å². The van der Waals surface area contributed by atoms with Crippen molar-refractivity contribution >= 4 is 5.91 Å². The standard InChI is InChI=1S/C7H15NO5/c1-2-13-6(7(11)8-12)3-5(10)4-9/h5-6,9-10,12H,2-4H2,1H3,(H,8,11). The van der Waals surface area contributed by atoms with Gasteiger partial charge in [-0.1, -0.05) is 0 Å². The quantitative estimate of drug-likeness (QED) is 0.308. The molecule has 0 rings (SSSR count). The number of aliphatic hydroxyl groups is 2. The van der Waals surface area contributed by atoms with Crippen molar-refractivity contribution in [2.24, 2.45) is 0 Å². The number of nitrogens with one attached hydrogen (secondary N) is 1. The summed E-state index contributed by atoms with van der Waals surface area (Å²) >= 11 is 0.